The Morgan fingerprint density at radius 3 is 2.19 bits per heavy atom. The average Bonchev–Trinajstić information content (AvgIpc) is 3.18. The van der Waals surface area contributed by atoms with E-state index in [1.54, 1.807) is 12.1 Å². The second kappa shape index (κ2) is 9.80. The number of aromatic nitrogens is 2. The highest BCUT2D eigenvalue weighted by Gasteiger charge is 2.37. The van der Waals surface area contributed by atoms with Crippen LogP contribution >= 0.6 is 0 Å². The van der Waals surface area contributed by atoms with Crippen molar-refractivity contribution >= 4 is 5.91 Å². The Morgan fingerprint density at radius 2 is 1.58 bits per heavy atom. The van der Waals surface area contributed by atoms with Crippen LogP contribution in [0, 0.1) is 0 Å². The molecular formula is C26H35N3O2. The summed E-state index contributed by atoms with van der Waals surface area (Å²) in [6.07, 6.45) is 11.9. The van der Waals surface area contributed by atoms with Crippen LogP contribution < -0.4 is 0 Å². The van der Waals surface area contributed by atoms with E-state index in [-0.39, 0.29) is 17.7 Å². The predicted octanol–water partition coefficient (Wildman–Crippen LogP) is 6.21. The summed E-state index contributed by atoms with van der Waals surface area (Å²) in [4.78, 5) is 25.3. The Morgan fingerprint density at radius 1 is 0.968 bits per heavy atom. The minimum absolute atomic E-state index is 0.0513. The van der Waals surface area contributed by atoms with Gasteiger partial charge >= 0.3 is 0 Å². The molecular weight excluding hydrogens is 386 g/mol. The Hall–Kier alpha value is -2.43. The van der Waals surface area contributed by atoms with Gasteiger partial charge in [-0.3, -0.25) is 4.79 Å². The van der Waals surface area contributed by atoms with Crippen LogP contribution in [0.15, 0.2) is 24.3 Å². The number of nitrogens with zero attached hydrogens (tertiary/aromatic N) is 3. The Balaban J connectivity index is 1.78. The molecule has 1 aromatic heterocycles. The van der Waals surface area contributed by atoms with Crippen molar-refractivity contribution in [3.63, 3.8) is 0 Å². The zero-order valence-electron chi connectivity index (χ0n) is 18.9. The first kappa shape index (κ1) is 21.8. The first-order chi connectivity index (χ1) is 15.1. The fourth-order valence-electron chi connectivity index (χ4n) is 5.22. The molecule has 5 nitrogen and oxygen atoms in total. The maximum atomic E-state index is 13.4. The van der Waals surface area contributed by atoms with Crippen molar-refractivity contribution in [2.75, 3.05) is 0 Å². The molecule has 1 fully saturated rings. The lowest BCUT2D eigenvalue weighted by Crippen LogP contribution is -2.34. The van der Waals surface area contributed by atoms with Crippen molar-refractivity contribution < 1.29 is 9.90 Å². The zero-order chi connectivity index (χ0) is 21.8. The second-order valence-corrected chi connectivity index (χ2v) is 9.11. The van der Waals surface area contributed by atoms with Crippen LogP contribution in [0.4, 0.5) is 0 Å². The Kier molecular flexibility index (Phi) is 6.89. The highest BCUT2D eigenvalue weighted by molar-refractivity contribution is 5.97. The number of phenolic OH excluding ortho intramolecular Hbond substituents is 1. The number of phenols is 1. The quantitative estimate of drug-likeness (QED) is 0.623. The molecule has 1 aliphatic heterocycles. The number of rotatable bonds is 5. The summed E-state index contributed by atoms with van der Waals surface area (Å²) in [7, 11) is 0. The van der Waals surface area contributed by atoms with Crippen molar-refractivity contribution in [3.8, 4) is 17.1 Å². The van der Waals surface area contributed by atoms with Crippen molar-refractivity contribution in [2.24, 2.45) is 0 Å². The van der Waals surface area contributed by atoms with Crippen LogP contribution in [-0.4, -0.2) is 31.9 Å². The molecule has 31 heavy (non-hydrogen) atoms. The molecule has 1 aliphatic carbocycles. The van der Waals surface area contributed by atoms with Crippen molar-refractivity contribution in [1.82, 2.24) is 14.9 Å². The minimum Gasteiger partial charge on any atom is -0.508 e. The predicted molar refractivity (Wildman–Crippen MR) is 123 cm³/mol. The van der Waals surface area contributed by atoms with Gasteiger partial charge in [0.2, 0.25) is 0 Å². The van der Waals surface area contributed by atoms with Crippen LogP contribution in [0.25, 0.3) is 11.4 Å². The first-order valence-electron chi connectivity index (χ1n) is 12.1. The van der Waals surface area contributed by atoms with Gasteiger partial charge in [-0.2, -0.15) is 0 Å². The third-order valence-corrected chi connectivity index (χ3v) is 7.08. The van der Waals surface area contributed by atoms with Crippen molar-refractivity contribution in [2.45, 2.75) is 96.6 Å². The Bertz CT molecular complexity index is 896. The van der Waals surface area contributed by atoms with Crippen LogP contribution in [-0.2, 0) is 6.54 Å². The molecule has 2 aromatic rings. The molecule has 2 aliphatic rings. The number of benzene rings is 1. The van der Waals surface area contributed by atoms with Gasteiger partial charge in [0, 0.05) is 23.1 Å². The van der Waals surface area contributed by atoms with Gasteiger partial charge in [0.1, 0.15) is 11.4 Å². The molecule has 0 radical (unpaired) electrons. The zero-order valence-corrected chi connectivity index (χ0v) is 18.9. The third-order valence-electron chi connectivity index (χ3n) is 7.08. The highest BCUT2D eigenvalue weighted by atomic mass is 16.3. The molecule has 4 rings (SSSR count). The van der Waals surface area contributed by atoms with E-state index in [1.165, 1.54) is 38.5 Å². The summed E-state index contributed by atoms with van der Waals surface area (Å²) >= 11 is 0. The number of aromatic hydroxyl groups is 1. The third kappa shape index (κ3) is 4.60. The SMILES string of the molecule is CCC(CC)N1Cc2c(nc(-c3ccc(O)cc3)nc2C2CCCCCCCC2)C1=O. The number of fused-ring (bicyclic) bond motifs is 1. The van der Waals surface area contributed by atoms with Crippen molar-refractivity contribution in [3.05, 3.63) is 41.2 Å². The van der Waals surface area contributed by atoms with Crippen LogP contribution in [0.1, 0.15) is 106 Å². The van der Waals surface area contributed by atoms with E-state index in [4.69, 9.17) is 9.97 Å². The van der Waals surface area contributed by atoms with E-state index < -0.39 is 0 Å². The summed E-state index contributed by atoms with van der Waals surface area (Å²) in [6, 6.07) is 7.23. The second-order valence-electron chi connectivity index (χ2n) is 9.11. The van der Waals surface area contributed by atoms with Gasteiger partial charge in [-0.05, 0) is 49.9 Å². The van der Waals surface area contributed by atoms with Gasteiger partial charge in [-0.25, -0.2) is 9.97 Å². The van der Waals surface area contributed by atoms with E-state index in [9.17, 15) is 9.90 Å². The largest absolute Gasteiger partial charge is 0.508 e. The van der Waals surface area contributed by atoms with Crippen LogP contribution in [0.2, 0.25) is 0 Å². The lowest BCUT2D eigenvalue weighted by atomic mass is 9.90. The maximum Gasteiger partial charge on any atom is 0.273 e. The summed E-state index contributed by atoms with van der Waals surface area (Å²) in [5.41, 5.74) is 3.60. The summed E-state index contributed by atoms with van der Waals surface area (Å²) < 4.78 is 0. The van der Waals surface area contributed by atoms with Gasteiger partial charge < -0.3 is 10.0 Å². The summed E-state index contributed by atoms with van der Waals surface area (Å²) in [5, 5.41) is 9.69. The fraction of sp³-hybridized carbons (Fsp3) is 0.577. The smallest absolute Gasteiger partial charge is 0.273 e. The topological polar surface area (TPSA) is 66.3 Å². The number of amides is 1. The number of carbonyl (C=O) groups excluding carboxylic acids is 1. The van der Waals surface area contributed by atoms with E-state index in [0.717, 1.165) is 42.5 Å². The minimum atomic E-state index is 0.0513. The van der Waals surface area contributed by atoms with Gasteiger partial charge in [-0.1, -0.05) is 52.4 Å². The number of carbonyl (C=O) groups is 1. The molecule has 0 spiro atoms. The molecule has 5 heteroatoms. The van der Waals surface area contributed by atoms with Crippen molar-refractivity contribution in [1.29, 1.82) is 0 Å². The first-order valence-corrected chi connectivity index (χ1v) is 12.1. The number of hydrogen-bond acceptors (Lipinski definition) is 4. The highest BCUT2D eigenvalue weighted by Crippen LogP contribution is 2.37. The van der Waals surface area contributed by atoms with Gasteiger partial charge in [-0.15, -0.1) is 0 Å². The lowest BCUT2D eigenvalue weighted by molar-refractivity contribution is 0.0689. The molecule has 1 amide bonds. The molecule has 1 N–H and O–H groups in total. The molecule has 0 atom stereocenters. The fourth-order valence-corrected chi connectivity index (χ4v) is 5.22. The molecule has 1 aromatic carbocycles. The average molecular weight is 422 g/mol. The normalized spacial score (nSPS) is 18.0. The van der Waals surface area contributed by atoms with Gasteiger partial charge in [0.25, 0.3) is 5.91 Å². The number of hydrogen-bond donors (Lipinski definition) is 1. The van der Waals surface area contributed by atoms with Gasteiger partial charge in [0.05, 0.1) is 12.2 Å². The van der Waals surface area contributed by atoms with E-state index in [0.29, 0.717) is 24.0 Å². The molecule has 1 saturated carbocycles. The van der Waals surface area contributed by atoms with Crippen LogP contribution in [0.3, 0.4) is 0 Å². The Labute approximate surface area is 185 Å². The van der Waals surface area contributed by atoms with Crippen LogP contribution in [0.5, 0.6) is 5.75 Å². The van der Waals surface area contributed by atoms with E-state index in [2.05, 4.69) is 13.8 Å². The molecule has 0 unspecified atom stereocenters. The van der Waals surface area contributed by atoms with Gasteiger partial charge in [0.15, 0.2) is 5.82 Å². The molecule has 0 saturated heterocycles. The standard InChI is InChI=1S/C26H35N3O2/c1-3-20(4-2)29-17-22-23(18-11-9-7-5-6-8-10-12-18)27-25(28-24(22)26(29)31)19-13-15-21(30)16-14-19/h13-16,18,20,30H,3-12,17H2,1-2H3. The molecule has 0 bridgehead atoms. The molecule has 2 heterocycles. The molecule has 166 valence electrons. The maximum absolute atomic E-state index is 13.4. The van der Waals surface area contributed by atoms with E-state index in [1.807, 2.05) is 17.0 Å². The van der Waals surface area contributed by atoms with E-state index >= 15 is 0 Å². The monoisotopic (exact) mass is 421 g/mol. The lowest BCUT2D eigenvalue weighted by Gasteiger charge is -2.25. The summed E-state index contributed by atoms with van der Waals surface area (Å²) in [5.74, 6) is 1.27. The summed E-state index contributed by atoms with van der Waals surface area (Å²) in [6.45, 7) is 4.94.